The molecular formula is C20H19N5O3. The lowest BCUT2D eigenvalue weighted by atomic mass is 10.0. The third-order valence-corrected chi connectivity index (χ3v) is 4.48. The fraction of sp³-hybridized carbons (Fsp3) is 0.150. The van der Waals surface area contributed by atoms with Crippen LogP contribution in [0.25, 0.3) is 33.7 Å². The Morgan fingerprint density at radius 2 is 2.04 bits per heavy atom. The van der Waals surface area contributed by atoms with Crippen molar-refractivity contribution in [2.75, 3.05) is 14.2 Å². The van der Waals surface area contributed by atoms with Crippen LogP contribution in [0, 0.1) is 0 Å². The molecule has 0 saturated heterocycles. The normalized spacial score (nSPS) is 11.1. The molecule has 0 amide bonds. The Kier molecular flexibility index (Phi) is 4.54. The number of phenols is 1. The lowest BCUT2D eigenvalue weighted by Gasteiger charge is -2.12. The zero-order chi connectivity index (χ0) is 19.7. The van der Waals surface area contributed by atoms with Crippen molar-refractivity contribution in [3.8, 4) is 34.1 Å². The molecule has 0 aliphatic carbocycles. The summed E-state index contributed by atoms with van der Waals surface area (Å²) < 4.78 is 5.28. The van der Waals surface area contributed by atoms with E-state index in [1.165, 1.54) is 7.11 Å². The summed E-state index contributed by atoms with van der Waals surface area (Å²) >= 11 is 0. The highest BCUT2D eigenvalue weighted by atomic mass is 16.5. The van der Waals surface area contributed by atoms with Crippen molar-refractivity contribution >= 4 is 11.0 Å². The van der Waals surface area contributed by atoms with E-state index < -0.39 is 0 Å². The second kappa shape index (κ2) is 7.16. The number of phenolic OH excluding ortho intramolecular Hbond substituents is 1. The molecular weight excluding hydrogens is 358 g/mol. The first kappa shape index (κ1) is 17.7. The number of H-pyrrole nitrogens is 2. The van der Waals surface area contributed by atoms with Gasteiger partial charge in [0.2, 0.25) is 0 Å². The summed E-state index contributed by atoms with van der Waals surface area (Å²) in [5.41, 5.74) is 3.55. The van der Waals surface area contributed by atoms with Crippen LogP contribution in [0.3, 0.4) is 0 Å². The number of imidazole rings is 1. The van der Waals surface area contributed by atoms with Crippen molar-refractivity contribution in [1.29, 1.82) is 0 Å². The molecule has 0 spiro atoms. The molecule has 8 nitrogen and oxygen atoms in total. The highest BCUT2D eigenvalue weighted by Gasteiger charge is 2.15. The number of rotatable bonds is 5. The van der Waals surface area contributed by atoms with Crippen molar-refractivity contribution in [1.82, 2.24) is 25.5 Å². The number of aromatic nitrogens is 4. The Balaban J connectivity index is 1.85. The number of hydrogen-bond donors (Lipinski definition) is 4. The summed E-state index contributed by atoms with van der Waals surface area (Å²) in [7, 11) is 3.28. The van der Waals surface area contributed by atoms with Gasteiger partial charge in [-0.2, -0.15) is 5.10 Å². The van der Waals surface area contributed by atoms with Crippen LogP contribution in [0.2, 0.25) is 0 Å². The van der Waals surface area contributed by atoms with Crippen LogP contribution in [0.5, 0.6) is 11.5 Å². The SMILES string of the molecule is CNCc1cc(-c2cc(-c3nc4ccccc4[nH]3)c(=O)[nH]n2)cc(OC)c1O. The molecule has 0 atom stereocenters. The molecule has 2 aromatic heterocycles. The largest absolute Gasteiger partial charge is 0.504 e. The van der Waals surface area contributed by atoms with Crippen molar-refractivity contribution in [3.63, 3.8) is 0 Å². The van der Waals surface area contributed by atoms with Gasteiger partial charge in [0.05, 0.1) is 29.4 Å². The van der Waals surface area contributed by atoms with Gasteiger partial charge in [0.15, 0.2) is 11.5 Å². The predicted octanol–water partition coefficient (Wildman–Crippen LogP) is 2.41. The van der Waals surface area contributed by atoms with E-state index in [0.29, 0.717) is 40.5 Å². The van der Waals surface area contributed by atoms with Gasteiger partial charge in [-0.3, -0.25) is 4.79 Å². The standard InChI is InChI=1S/C20H19N5O3/c1-21-10-12-7-11(8-17(28-2)18(12)26)16-9-13(20(27)25-24-16)19-22-14-5-3-4-6-15(14)23-19/h3-9,21,26H,10H2,1-2H3,(H,22,23)(H,25,27). The van der Waals surface area contributed by atoms with E-state index >= 15 is 0 Å². The number of nitrogens with zero attached hydrogens (tertiary/aromatic N) is 2. The van der Waals surface area contributed by atoms with E-state index in [1.807, 2.05) is 24.3 Å². The minimum absolute atomic E-state index is 0.0718. The molecule has 2 heterocycles. The van der Waals surface area contributed by atoms with Crippen LogP contribution in [-0.4, -0.2) is 39.4 Å². The molecule has 0 aliphatic rings. The number of aromatic hydroxyl groups is 1. The Hall–Kier alpha value is -3.65. The van der Waals surface area contributed by atoms with Crippen LogP contribution in [-0.2, 0) is 6.54 Å². The molecule has 4 rings (SSSR count). The molecule has 0 unspecified atom stereocenters. The van der Waals surface area contributed by atoms with E-state index in [-0.39, 0.29) is 11.3 Å². The van der Waals surface area contributed by atoms with Crippen LogP contribution >= 0.6 is 0 Å². The predicted molar refractivity (Wildman–Crippen MR) is 106 cm³/mol. The van der Waals surface area contributed by atoms with E-state index in [2.05, 4.69) is 25.5 Å². The number of methoxy groups -OCH3 is 1. The van der Waals surface area contributed by atoms with Gasteiger partial charge in [-0.25, -0.2) is 10.1 Å². The monoisotopic (exact) mass is 377 g/mol. The van der Waals surface area contributed by atoms with Gasteiger partial charge in [0.1, 0.15) is 5.82 Å². The van der Waals surface area contributed by atoms with Gasteiger partial charge in [-0.1, -0.05) is 12.1 Å². The number of benzene rings is 2. The highest BCUT2D eigenvalue weighted by Crippen LogP contribution is 2.35. The molecule has 0 aliphatic heterocycles. The minimum atomic E-state index is -0.344. The first-order valence-corrected chi connectivity index (χ1v) is 8.70. The first-order valence-electron chi connectivity index (χ1n) is 8.70. The van der Waals surface area contributed by atoms with Crippen molar-refractivity contribution in [2.24, 2.45) is 0 Å². The number of hydrogen-bond acceptors (Lipinski definition) is 6. The average molecular weight is 377 g/mol. The highest BCUT2D eigenvalue weighted by molar-refractivity contribution is 5.80. The molecule has 2 aromatic carbocycles. The summed E-state index contributed by atoms with van der Waals surface area (Å²) in [6.07, 6.45) is 0. The van der Waals surface area contributed by atoms with Crippen molar-refractivity contribution < 1.29 is 9.84 Å². The average Bonchev–Trinajstić information content (AvgIpc) is 3.14. The maximum absolute atomic E-state index is 12.4. The second-order valence-electron chi connectivity index (χ2n) is 6.32. The Morgan fingerprint density at radius 3 is 2.79 bits per heavy atom. The lowest BCUT2D eigenvalue weighted by molar-refractivity contribution is 0.370. The Bertz CT molecular complexity index is 1180. The van der Waals surface area contributed by atoms with Crippen LogP contribution in [0.1, 0.15) is 5.56 Å². The van der Waals surface area contributed by atoms with E-state index in [1.54, 1.807) is 25.2 Å². The summed E-state index contributed by atoms with van der Waals surface area (Å²) in [4.78, 5) is 20.0. The number of nitrogens with one attached hydrogen (secondary N) is 3. The van der Waals surface area contributed by atoms with Crippen LogP contribution in [0.15, 0.2) is 47.3 Å². The van der Waals surface area contributed by atoms with E-state index in [0.717, 1.165) is 11.0 Å². The number of ether oxygens (including phenoxy) is 1. The smallest absolute Gasteiger partial charge is 0.275 e. The fourth-order valence-corrected chi connectivity index (χ4v) is 3.10. The molecule has 0 fully saturated rings. The molecule has 8 heteroatoms. The van der Waals surface area contributed by atoms with Gasteiger partial charge >= 0.3 is 0 Å². The van der Waals surface area contributed by atoms with Gasteiger partial charge in [0, 0.05) is 17.7 Å². The van der Waals surface area contributed by atoms with E-state index in [9.17, 15) is 9.90 Å². The minimum Gasteiger partial charge on any atom is -0.504 e. The quantitative estimate of drug-likeness (QED) is 0.424. The Labute approximate surface area is 160 Å². The number of fused-ring (bicyclic) bond motifs is 1. The molecule has 142 valence electrons. The van der Waals surface area contributed by atoms with Gasteiger partial charge in [-0.15, -0.1) is 0 Å². The molecule has 0 radical (unpaired) electrons. The summed E-state index contributed by atoms with van der Waals surface area (Å²) in [6, 6.07) is 12.7. The molecule has 4 aromatic rings. The van der Waals surface area contributed by atoms with Gasteiger partial charge < -0.3 is 20.1 Å². The molecule has 4 N–H and O–H groups in total. The zero-order valence-corrected chi connectivity index (χ0v) is 15.4. The topological polar surface area (TPSA) is 116 Å². The summed E-state index contributed by atoms with van der Waals surface area (Å²) in [5.74, 6) is 0.871. The van der Waals surface area contributed by atoms with E-state index in [4.69, 9.17) is 4.74 Å². The third kappa shape index (κ3) is 3.10. The van der Waals surface area contributed by atoms with Crippen LogP contribution in [0.4, 0.5) is 0 Å². The summed E-state index contributed by atoms with van der Waals surface area (Å²) in [6.45, 7) is 0.454. The third-order valence-electron chi connectivity index (χ3n) is 4.48. The van der Waals surface area contributed by atoms with Gasteiger partial charge in [0.25, 0.3) is 5.56 Å². The number of aromatic amines is 2. The van der Waals surface area contributed by atoms with Gasteiger partial charge in [-0.05, 0) is 37.4 Å². The first-order chi connectivity index (χ1) is 13.6. The fourth-order valence-electron chi connectivity index (χ4n) is 3.10. The molecule has 28 heavy (non-hydrogen) atoms. The molecule has 0 saturated carbocycles. The van der Waals surface area contributed by atoms with Crippen LogP contribution < -0.4 is 15.6 Å². The second-order valence-corrected chi connectivity index (χ2v) is 6.32. The maximum Gasteiger partial charge on any atom is 0.275 e. The number of para-hydroxylation sites is 2. The van der Waals surface area contributed by atoms with Crippen molar-refractivity contribution in [2.45, 2.75) is 6.54 Å². The Morgan fingerprint density at radius 1 is 1.21 bits per heavy atom. The maximum atomic E-state index is 12.4. The summed E-state index contributed by atoms with van der Waals surface area (Å²) in [5, 5.41) is 20.0. The molecule has 0 bridgehead atoms. The lowest BCUT2D eigenvalue weighted by Crippen LogP contribution is -2.12. The van der Waals surface area contributed by atoms with Crippen molar-refractivity contribution in [3.05, 3.63) is 58.4 Å². The zero-order valence-electron chi connectivity index (χ0n) is 15.4.